The number of hydrogen-bond donors (Lipinski definition) is 2. The molecule has 0 bridgehead atoms. The number of benzene rings is 1. The molecule has 2 heterocycles. The Hall–Kier alpha value is -1.85. The van der Waals surface area contributed by atoms with Gasteiger partial charge in [-0.1, -0.05) is 24.3 Å². The van der Waals surface area contributed by atoms with Crippen molar-refractivity contribution in [3.63, 3.8) is 0 Å². The van der Waals surface area contributed by atoms with Gasteiger partial charge in [-0.3, -0.25) is 9.48 Å². The molecule has 118 valence electrons. The van der Waals surface area contributed by atoms with Crippen molar-refractivity contribution in [1.82, 2.24) is 20.4 Å². The SMILES string of the molecule is CCn1cc(C(=O)NCC2NCCc3ccccc32)cn1.Cl. The minimum Gasteiger partial charge on any atom is -0.350 e. The van der Waals surface area contributed by atoms with Crippen LogP contribution in [0, 0.1) is 0 Å². The van der Waals surface area contributed by atoms with Crippen LogP contribution in [0.5, 0.6) is 0 Å². The van der Waals surface area contributed by atoms with Gasteiger partial charge in [-0.05, 0) is 31.0 Å². The van der Waals surface area contributed by atoms with E-state index >= 15 is 0 Å². The first kappa shape index (κ1) is 16.5. The number of rotatable bonds is 4. The summed E-state index contributed by atoms with van der Waals surface area (Å²) in [5, 5.41) is 10.6. The lowest BCUT2D eigenvalue weighted by Gasteiger charge is -2.27. The van der Waals surface area contributed by atoms with Crippen LogP contribution < -0.4 is 10.6 Å². The number of amides is 1. The van der Waals surface area contributed by atoms with Crippen molar-refractivity contribution in [2.75, 3.05) is 13.1 Å². The van der Waals surface area contributed by atoms with Crippen LogP contribution in [0.3, 0.4) is 0 Å². The molecular formula is C16H21ClN4O. The van der Waals surface area contributed by atoms with Crippen LogP contribution in [0.2, 0.25) is 0 Å². The molecule has 2 aromatic rings. The Bertz CT molecular complexity index is 641. The minimum atomic E-state index is -0.0699. The van der Waals surface area contributed by atoms with Gasteiger partial charge in [0.2, 0.25) is 0 Å². The fourth-order valence-electron chi connectivity index (χ4n) is 2.73. The third-order valence-corrected chi connectivity index (χ3v) is 3.90. The van der Waals surface area contributed by atoms with Crippen molar-refractivity contribution >= 4 is 18.3 Å². The first-order valence-electron chi connectivity index (χ1n) is 7.39. The van der Waals surface area contributed by atoms with E-state index in [1.165, 1.54) is 11.1 Å². The van der Waals surface area contributed by atoms with Gasteiger partial charge in [0.05, 0.1) is 11.8 Å². The summed E-state index contributed by atoms with van der Waals surface area (Å²) in [6.45, 7) is 4.31. The second-order valence-corrected chi connectivity index (χ2v) is 5.25. The smallest absolute Gasteiger partial charge is 0.254 e. The maximum absolute atomic E-state index is 12.1. The summed E-state index contributed by atoms with van der Waals surface area (Å²) in [5.41, 5.74) is 3.27. The first-order chi connectivity index (χ1) is 10.3. The van der Waals surface area contributed by atoms with E-state index < -0.39 is 0 Å². The van der Waals surface area contributed by atoms with Crippen molar-refractivity contribution in [3.05, 3.63) is 53.3 Å². The third kappa shape index (κ3) is 3.48. The summed E-state index contributed by atoms with van der Waals surface area (Å²) in [6, 6.07) is 8.59. The van der Waals surface area contributed by atoms with Crippen LogP contribution in [0.4, 0.5) is 0 Å². The summed E-state index contributed by atoms with van der Waals surface area (Å²) in [5.74, 6) is -0.0699. The minimum absolute atomic E-state index is 0. The van der Waals surface area contributed by atoms with Gasteiger partial charge in [0.25, 0.3) is 5.91 Å². The van der Waals surface area contributed by atoms with E-state index in [4.69, 9.17) is 0 Å². The molecule has 22 heavy (non-hydrogen) atoms. The average Bonchev–Trinajstić information content (AvgIpc) is 3.01. The van der Waals surface area contributed by atoms with Gasteiger partial charge in [0.1, 0.15) is 0 Å². The Morgan fingerprint density at radius 2 is 2.27 bits per heavy atom. The lowest BCUT2D eigenvalue weighted by atomic mass is 9.94. The van der Waals surface area contributed by atoms with Crippen molar-refractivity contribution in [3.8, 4) is 0 Å². The molecule has 0 aliphatic carbocycles. The van der Waals surface area contributed by atoms with Crippen LogP contribution in [0.15, 0.2) is 36.7 Å². The Morgan fingerprint density at radius 3 is 3.05 bits per heavy atom. The maximum Gasteiger partial charge on any atom is 0.254 e. The molecule has 0 radical (unpaired) electrons. The molecule has 3 rings (SSSR count). The summed E-state index contributed by atoms with van der Waals surface area (Å²) in [4.78, 5) is 12.1. The molecular weight excluding hydrogens is 300 g/mol. The zero-order valence-electron chi connectivity index (χ0n) is 12.6. The van der Waals surface area contributed by atoms with Crippen LogP contribution >= 0.6 is 12.4 Å². The first-order valence-corrected chi connectivity index (χ1v) is 7.39. The molecule has 0 fully saturated rings. The van der Waals surface area contributed by atoms with Crippen molar-refractivity contribution in [2.45, 2.75) is 25.9 Å². The number of halogens is 1. The van der Waals surface area contributed by atoms with E-state index in [9.17, 15) is 4.79 Å². The lowest BCUT2D eigenvalue weighted by molar-refractivity contribution is 0.0949. The van der Waals surface area contributed by atoms with E-state index in [1.807, 2.05) is 13.0 Å². The monoisotopic (exact) mass is 320 g/mol. The lowest BCUT2D eigenvalue weighted by Crippen LogP contribution is -2.38. The number of fused-ring (bicyclic) bond motifs is 1. The summed E-state index contributed by atoms with van der Waals surface area (Å²) in [6.07, 6.45) is 4.43. The highest BCUT2D eigenvalue weighted by Gasteiger charge is 2.20. The van der Waals surface area contributed by atoms with Gasteiger partial charge < -0.3 is 10.6 Å². The highest BCUT2D eigenvalue weighted by molar-refractivity contribution is 5.93. The van der Waals surface area contributed by atoms with E-state index in [2.05, 4.69) is 33.9 Å². The molecule has 5 nitrogen and oxygen atoms in total. The number of carbonyl (C=O) groups excluding carboxylic acids is 1. The number of nitrogens with zero attached hydrogens (tertiary/aromatic N) is 2. The molecule has 0 saturated heterocycles. The number of aryl methyl sites for hydroxylation is 1. The van der Waals surface area contributed by atoms with Crippen LogP contribution in [-0.2, 0) is 13.0 Å². The predicted molar refractivity (Wildman–Crippen MR) is 88.4 cm³/mol. The maximum atomic E-state index is 12.1. The van der Waals surface area contributed by atoms with E-state index in [-0.39, 0.29) is 24.4 Å². The number of carbonyl (C=O) groups is 1. The summed E-state index contributed by atoms with van der Waals surface area (Å²) in [7, 11) is 0. The molecule has 2 N–H and O–H groups in total. The molecule has 1 amide bonds. The van der Waals surface area contributed by atoms with Crippen molar-refractivity contribution in [2.24, 2.45) is 0 Å². The quantitative estimate of drug-likeness (QED) is 0.905. The second-order valence-electron chi connectivity index (χ2n) is 5.25. The molecule has 1 atom stereocenters. The van der Waals surface area contributed by atoms with E-state index in [0.717, 1.165) is 19.5 Å². The van der Waals surface area contributed by atoms with Crippen LogP contribution in [-0.4, -0.2) is 28.8 Å². The van der Waals surface area contributed by atoms with Gasteiger partial charge in [-0.2, -0.15) is 5.10 Å². The van der Waals surface area contributed by atoms with E-state index in [1.54, 1.807) is 17.1 Å². The third-order valence-electron chi connectivity index (χ3n) is 3.90. The second kappa shape index (κ2) is 7.42. The Kier molecular flexibility index (Phi) is 5.57. The molecule has 1 aliphatic heterocycles. The zero-order chi connectivity index (χ0) is 14.7. The molecule has 0 saturated carbocycles. The fourth-order valence-corrected chi connectivity index (χ4v) is 2.73. The highest BCUT2D eigenvalue weighted by atomic mass is 35.5. The van der Waals surface area contributed by atoms with Crippen molar-refractivity contribution < 1.29 is 4.79 Å². The van der Waals surface area contributed by atoms with Gasteiger partial charge >= 0.3 is 0 Å². The largest absolute Gasteiger partial charge is 0.350 e. The predicted octanol–water partition coefficient (Wildman–Crippen LogP) is 1.94. The van der Waals surface area contributed by atoms with Crippen LogP contribution in [0.1, 0.15) is 34.5 Å². The number of hydrogen-bond acceptors (Lipinski definition) is 3. The number of aromatic nitrogens is 2. The Balaban J connectivity index is 0.00000176. The average molecular weight is 321 g/mol. The van der Waals surface area contributed by atoms with Gasteiger partial charge in [-0.25, -0.2) is 0 Å². The Labute approximate surface area is 136 Å². The Morgan fingerprint density at radius 1 is 1.45 bits per heavy atom. The molecule has 1 aliphatic rings. The van der Waals surface area contributed by atoms with E-state index in [0.29, 0.717) is 12.1 Å². The number of nitrogens with one attached hydrogen (secondary N) is 2. The summed E-state index contributed by atoms with van der Waals surface area (Å²) < 4.78 is 1.75. The topological polar surface area (TPSA) is 59.0 Å². The summed E-state index contributed by atoms with van der Waals surface area (Å²) >= 11 is 0. The standard InChI is InChI=1S/C16H20N4O.ClH/c1-2-20-11-13(9-19-20)16(21)18-10-15-14-6-4-3-5-12(14)7-8-17-15;/h3-6,9,11,15,17H,2,7-8,10H2,1H3,(H,18,21);1H. The highest BCUT2D eigenvalue weighted by Crippen LogP contribution is 2.21. The molecule has 1 unspecified atom stereocenters. The molecule has 0 spiro atoms. The zero-order valence-corrected chi connectivity index (χ0v) is 13.4. The van der Waals surface area contributed by atoms with Gasteiger partial charge in [-0.15, -0.1) is 12.4 Å². The van der Waals surface area contributed by atoms with Gasteiger partial charge in [0, 0.05) is 25.3 Å². The van der Waals surface area contributed by atoms with Crippen LogP contribution in [0.25, 0.3) is 0 Å². The van der Waals surface area contributed by atoms with Gasteiger partial charge in [0.15, 0.2) is 0 Å². The molecule has 1 aromatic carbocycles. The van der Waals surface area contributed by atoms with Crippen molar-refractivity contribution in [1.29, 1.82) is 0 Å². The fraction of sp³-hybridized carbons (Fsp3) is 0.375. The molecule has 1 aromatic heterocycles. The normalized spacial score (nSPS) is 16.5. The molecule has 6 heteroatoms.